The summed E-state index contributed by atoms with van der Waals surface area (Å²) in [7, 11) is 3.55. The Balaban J connectivity index is 2.09. The standard InChI is InChI=1S/C16H12F6N2OS/c1-24(2)14-23-12-8(4-3-5-11(12)26-14)9-6-7-10(25-9)13(15(17,18)19)16(20,21)22/h3-7,13H,1-2H3. The molecular formula is C16H12F6N2OS. The van der Waals surface area contributed by atoms with Crippen molar-refractivity contribution in [1.82, 2.24) is 4.98 Å². The van der Waals surface area contributed by atoms with Crippen LogP contribution in [-0.4, -0.2) is 31.4 Å². The van der Waals surface area contributed by atoms with E-state index in [9.17, 15) is 26.3 Å². The van der Waals surface area contributed by atoms with E-state index in [2.05, 4.69) is 4.98 Å². The maximum Gasteiger partial charge on any atom is 0.407 e. The Kier molecular flexibility index (Phi) is 4.41. The molecule has 2 aromatic heterocycles. The van der Waals surface area contributed by atoms with Gasteiger partial charge in [0.2, 0.25) is 5.92 Å². The Bertz CT molecular complexity index is 911. The number of anilines is 1. The van der Waals surface area contributed by atoms with Gasteiger partial charge in [0.15, 0.2) is 5.13 Å². The van der Waals surface area contributed by atoms with Crippen molar-refractivity contribution in [1.29, 1.82) is 0 Å². The van der Waals surface area contributed by atoms with Crippen molar-refractivity contribution in [2.24, 2.45) is 0 Å². The molecule has 0 bridgehead atoms. The highest BCUT2D eigenvalue weighted by Crippen LogP contribution is 2.47. The highest BCUT2D eigenvalue weighted by molar-refractivity contribution is 7.22. The summed E-state index contributed by atoms with van der Waals surface area (Å²) >= 11 is 1.35. The fourth-order valence-corrected chi connectivity index (χ4v) is 3.40. The van der Waals surface area contributed by atoms with Gasteiger partial charge in [-0.05, 0) is 24.3 Å². The van der Waals surface area contributed by atoms with E-state index in [1.54, 1.807) is 37.2 Å². The minimum Gasteiger partial charge on any atom is -0.460 e. The minimum atomic E-state index is -5.50. The van der Waals surface area contributed by atoms with E-state index in [1.807, 2.05) is 0 Å². The predicted molar refractivity (Wildman–Crippen MR) is 86.5 cm³/mol. The Labute approximate surface area is 147 Å². The lowest BCUT2D eigenvalue weighted by molar-refractivity contribution is -0.257. The first-order valence-corrected chi connectivity index (χ1v) is 8.10. The zero-order valence-electron chi connectivity index (χ0n) is 13.4. The van der Waals surface area contributed by atoms with Crippen LogP contribution in [0.2, 0.25) is 0 Å². The largest absolute Gasteiger partial charge is 0.460 e. The van der Waals surface area contributed by atoms with Gasteiger partial charge in [-0.25, -0.2) is 4.98 Å². The molecule has 0 aliphatic carbocycles. The molecule has 3 nitrogen and oxygen atoms in total. The van der Waals surface area contributed by atoms with Crippen molar-refractivity contribution in [3.05, 3.63) is 36.1 Å². The van der Waals surface area contributed by atoms with Gasteiger partial charge in [-0.1, -0.05) is 17.4 Å². The summed E-state index contributed by atoms with van der Waals surface area (Å²) in [6.07, 6.45) is -11.0. The molecule has 0 N–H and O–H groups in total. The first-order chi connectivity index (χ1) is 12.0. The number of fused-ring (bicyclic) bond motifs is 1. The van der Waals surface area contributed by atoms with Gasteiger partial charge in [0.25, 0.3) is 0 Å². The van der Waals surface area contributed by atoms with E-state index < -0.39 is 24.0 Å². The number of thiazole rings is 1. The third kappa shape index (κ3) is 3.37. The molecular weight excluding hydrogens is 382 g/mol. The van der Waals surface area contributed by atoms with Crippen molar-refractivity contribution in [3.63, 3.8) is 0 Å². The number of hydrogen-bond acceptors (Lipinski definition) is 4. The summed E-state index contributed by atoms with van der Waals surface area (Å²) in [4.78, 5) is 6.14. The maximum absolute atomic E-state index is 12.9. The van der Waals surface area contributed by atoms with Gasteiger partial charge in [-0.3, -0.25) is 0 Å². The molecule has 2 heterocycles. The van der Waals surface area contributed by atoms with Crippen molar-refractivity contribution < 1.29 is 30.8 Å². The molecule has 0 aliphatic heterocycles. The number of halogens is 6. The zero-order valence-corrected chi connectivity index (χ0v) is 14.3. The monoisotopic (exact) mass is 394 g/mol. The lowest BCUT2D eigenvalue weighted by Crippen LogP contribution is -2.33. The molecule has 0 fully saturated rings. The quantitative estimate of drug-likeness (QED) is 0.524. The van der Waals surface area contributed by atoms with Crippen molar-refractivity contribution in [2.45, 2.75) is 18.3 Å². The Morgan fingerprint density at radius 3 is 2.23 bits per heavy atom. The topological polar surface area (TPSA) is 29.3 Å². The average Bonchev–Trinajstić information content (AvgIpc) is 3.10. The smallest absolute Gasteiger partial charge is 0.407 e. The maximum atomic E-state index is 12.9. The van der Waals surface area contributed by atoms with Gasteiger partial charge < -0.3 is 9.32 Å². The summed E-state index contributed by atoms with van der Waals surface area (Å²) in [6, 6.07) is 6.76. The third-order valence-corrected chi connectivity index (χ3v) is 4.81. The first kappa shape index (κ1) is 18.6. The Morgan fingerprint density at radius 2 is 1.65 bits per heavy atom. The summed E-state index contributed by atoms with van der Waals surface area (Å²) in [6.45, 7) is 0. The Hall–Kier alpha value is -2.23. The number of rotatable bonds is 3. The lowest BCUT2D eigenvalue weighted by Gasteiger charge is -2.20. The lowest BCUT2D eigenvalue weighted by atomic mass is 10.1. The molecule has 0 aliphatic rings. The molecule has 0 spiro atoms. The van der Waals surface area contributed by atoms with Crippen LogP contribution in [0, 0.1) is 0 Å². The van der Waals surface area contributed by atoms with Crippen LogP contribution >= 0.6 is 11.3 Å². The normalized spacial score (nSPS) is 13.0. The van der Waals surface area contributed by atoms with Crippen LogP contribution in [0.15, 0.2) is 34.7 Å². The summed E-state index contributed by atoms with van der Waals surface area (Å²) in [5.74, 6) is -4.96. The molecule has 1 aromatic carbocycles. The van der Waals surface area contributed by atoms with Crippen LogP contribution in [0.5, 0.6) is 0 Å². The number of nitrogens with zero attached hydrogens (tertiary/aromatic N) is 2. The third-order valence-electron chi connectivity index (χ3n) is 3.62. The number of alkyl halides is 6. The van der Waals surface area contributed by atoms with Crippen molar-refractivity contribution in [3.8, 4) is 11.3 Å². The van der Waals surface area contributed by atoms with Gasteiger partial charge in [0.1, 0.15) is 11.5 Å². The van der Waals surface area contributed by atoms with Gasteiger partial charge in [0.05, 0.1) is 10.2 Å². The number of benzene rings is 1. The zero-order chi connectivity index (χ0) is 19.3. The molecule has 140 valence electrons. The highest BCUT2D eigenvalue weighted by Gasteiger charge is 2.59. The van der Waals surface area contributed by atoms with E-state index in [-0.39, 0.29) is 5.76 Å². The van der Waals surface area contributed by atoms with Crippen LogP contribution in [0.25, 0.3) is 21.5 Å². The number of para-hydroxylation sites is 1. The number of hydrogen-bond donors (Lipinski definition) is 0. The van der Waals surface area contributed by atoms with Gasteiger partial charge in [-0.2, -0.15) is 26.3 Å². The molecule has 3 aromatic rings. The molecule has 26 heavy (non-hydrogen) atoms. The molecule has 0 radical (unpaired) electrons. The van der Waals surface area contributed by atoms with Crippen LogP contribution in [-0.2, 0) is 0 Å². The van der Waals surface area contributed by atoms with Crippen LogP contribution in [0.4, 0.5) is 31.5 Å². The Morgan fingerprint density at radius 1 is 1.00 bits per heavy atom. The molecule has 0 atom stereocenters. The second-order valence-electron chi connectivity index (χ2n) is 5.76. The van der Waals surface area contributed by atoms with Crippen molar-refractivity contribution >= 4 is 26.7 Å². The SMILES string of the molecule is CN(C)c1nc2c(-c3ccc(C(C(F)(F)F)C(F)(F)F)o3)cccc2s1. The van der Waals surface area contributed by atoms with Crippen LogP contribution in [0.1, 0.15) is 11.7 Å². The molecule has 0 amide bonds. The number of furan rings is 1. The minimum absolute atomic E-state index is 0.0975. The molecule has 0 saturated carbocycles. The molecule has 0 unspecified atom stereocenters. The second kappa shape index (κ2) is 6.19. The summed E-state index contributed by atoms with van der Waals surface area (Å²) in [5.41, 5.74) is 0.791. The highest BCUT2D eigenvalue weighted by atomic mass is 32.1. The average molecular weight is 394 g/mol. The summed E-state index contributed by atoms with van der Waals surface area (Å²) < 4.78 is 82.9. The first-order valence-electron chi connectivity index (χ1n) is 7.29. The second-order valence-corrected chi connectivity index (χ2v) is 6.77. The van der Waals surface area contributed by atoms with E-state index in [0.717, 1.165) is 10.8 Å². The molecule has 10 heteroatoms. The van der Waals surface area contributed by atoms with Crippen LogP contribution < -0.4 is 4.90 Å². The van der Waals surface area contributed by atoms with Gasteiger partial charge in [0, 0.05) is 19.7 Å². The fourth-order valence-electron chi connectivity index (χ4n) is 2.49. The van der Waals surface area contributed by atoms with E-state index in [0.29, 0.717) is 22.3 Å². The van der Waals surface area contributed by atoms with E-state index in [4.69, 9.17) is 4.42 Å². The molecule has 3 rings (SSSR count). The van der Waals surface area contributed by atoms with Gasteiger partial charge in [-0.15, -0.1) is 0 Å². The van der Waals surface area contributed by atoms with Crippen molar-refractivity contribution in [2.75, 3.05) is 19.0 Å². The van der Waals surface area contributed by atoms with Gasteiger partial charge >= 0.3 is 12.4 Å². The predicted octanol–water partition coefficient (Wildman–Crippen LogP) is 5.83. The summed E-state index contributed by atoms with van der Waals surface area (Å²) in [5, 5.41) is 0.655. The molecule has 0 saturated heterocycles. The number of aromatic nitrogens is 1. The fraction of sp³-hybridized carbons (Fsp3) is 0.312. The van der Waals surface area contributed by atoms with E-state index >= 15 is 0 Å². The van der Waals surface area contributed by atoms with Crippen LogP contribution in [0.3, 0.4) is 0 Å². The van der Waals surface area contributed by atoms with E-state index in [1.165, 1.54) is 11.3 Å².